The Bertz CT molecular complexity index is 608. The van der Waals surface area contributed by atoms with Crippen molar-refractivity contribution in [3.8, 4) is 0 Å². The normalized spacial score (nSPS) is 27.3. The van der Waals surface area contributed by atoms with Crippen molar-refractivity contribution < 1.29 is 14.9 Å². The van der Waals surface area contributed by atoms with Crippen molar-refractivity contribution in [3.05, 3.63) is 29.6 Å². The molecule has 3 atom stereocenters. The maximum absolute atomic E-state index is 10.1. The van der Waals surface area contributed by atoms with Crippen molar-refractivity contribution in [2.45, 2.75) is 38.7 Å². The van der Waals surface area contributed by atoms with Gasteiger partial charge in [0, 0.05) is 6.42 Å². The first-order chi connectivity index (χ1) is 9.10. The molecule has 2 N–H and O–H groups in total. The smallest absolute Gasteiger partial charge is 0.161 e. The van der Waals surface area contributed by atoms with Gasteiger partial charge in [0.1, 0.15) is 6.10 Å². The first kappa shape index (κ1) is 12.6. The van der Waals surface area contributed by atoms with Crippen LogP contribution in [-0.2, 0) is 4.74 Å². The Labute approximate surface area is 111 Å². The third-order valence-corrected chi connectivity index (χ3v) is 3.83. The van der Waals surface area contributed by atoms with Gasteiger partial charge in [-0.3, -0.25) is 0 Å². The Kier molecular flexibility index (Phi) is 3.05. The first-order valence-corrected chi connectivity index (χ1v) is 6.48. The number of hydrogen-bond acceptors (Lipinski definition) is 4. The molecule has 2 heterocycles. The van der Waals surface area contributed by atoms with Crippen LogP contribution in [-0.4, -0.2) is 38.6 Å². The van der Waals surface area contributed by atoms with Gasteiger partial charge in [0.2, 0.25) is 0 Å². The van der Waals surface area contributed by atoms with Gasteiger partial charge < -0.3 is 19.5 Å². The molecule has 0 bridgehead atoms. The number of aliphatic hydroxyl groups excluding tert-OH is 2. The molecule has 5 nitrogen and oxygen atoms in total. The molecule has 102 valence electrons. The summed E-state index contributed by atoms with van der Waals surface area (Å²) in [6.07, 6.45) is 0.757. The van der Waals surface area contributed by atoms with Crippen LogP contribution in [0.4, 0.5) is 0 Å². The highest BCUT2D eigenvalue weighted by Crippen LogP contribution is 2.31. The van der Waals surface area contributed by atoms with Crippen molar-refractivity contribution in [1.82, 2.24) is 9.55 Å². The van der Waals surface area contributed by atoms with Crippen LogP contribution >= 0.6 is 0 Å². The summed E-state index contributed by atoms with van der Waals surface area (Å²) in [4.78, 5) is 4.36. The molecule has 19 heavy (non-hydrogen) atoms. The zero-order valence-electron chi connectivity index (χ0n) is 11.1. The minimum Gasteiger partial charge on any atom is -0.394 e. The predicted molar refractivity (Wildman–Crippen MR) is 70.8 cm³/mol. The Morgan fingerprint density at radius 1 is 1.37 bits per heavy atom. The lowest BCUT2D eigenvalue weighted by Crippen LogP contribution is -2.18. The van der Waals surface area contributed by atoms with Crippen LogP contribution < -0.4 is 0 Å². The second-order valence-corrected chi connectivity index (χ2v) is 5.21. The third kappa shape index (κ3) is 2.04. The SMILES string of the molecule is Cc1cc2ncn([C@H]3O[C@H](CO)C[C@H]3O)c2cc1C. The van der Waals surface area contributed by atoms with E-state index in [1.165, 1.54) is 11.1 Å². The average molecular weight is 262 g/mol. The molecule has 0 spiro atoms. The highest BCUT2D eigenvalue weighted by molar-refractivity contribution is 5.77. The van der Waals surface area contributed by atoms with Gasteiger partial charge >= 0.3 is 0 Å². The number of fused-ring (bicyclic) bond motifs is 1. The number of imidazole rings is 1. The average Bonchev–Trinajstić information content (AvgIpc) is 2.93. The molecule has 1 aromatic carbocycles. The number of aryl methyl sites for hydroxylation is 2. The molecule has 2 aromatic rings. The topological polar surface area (TPSA) is 67.5 Å². The van der Waals surface area contributed by atoms with E-state index >= 15 is 0 Å². The molecular formula is C14H18N2O3. The monoisotopic (exact) mass is 262 g/mol. The minimum absolute atomic E-state index is 0.0711. The van der Waals surface area contributed by atoms with Crippen molar-refractivity contribution in [2.75, 3.05) is 6.61 Å². The van der Waals surface area contributed by atoms with E-state index in [9.17, 15) is 5.11 Å². The fourth-order valence-electron chi connectivity index (χ4n) is 2.58. The standard InChI is InChI=1S/C14H18N2O3/c1-8-3-11-12(4-9(8)2)16(7-15-11)14-13(18)5-10(6-17)19-14/h3-4,7,10,13-14,17-18H,5-6H2,1-2H3/t10-,13+,14-/m0/s1. The zero-order valence-corrected chi connectivity index (χ0v) is 11.1. The summed E-state index contributed by atoms with van der Waals surface area (Å²) in [5.41, 5.74) is 4.22. The highest BCUT2D eigenvalue weighted by Gasteiger charge is 2.35. The Morgan fingerprint density at radius 3 is 2.79 bits per heavy atom. The summed E-state index contributed by atoms with van der Waals surface area (Å²) in [7, 11) is 0. The lowest BCUT2D eigenvalue weighted by molar-refractivity contribution is -0.0484. The van der Waals surface area contributed by atoms with E-state index in [0.29, 0.717) is 6.42 Å². The minimum atomic E-state index is -0.615. The molecule has 1 aromatic heterocycles. The summed E-state index contributed by atoms with van der Waals surface area (Å²) in [6, 6.07) is 4.09. The second-order valence-electron chi connectivity index (χ2n) is 5.21. The van der Waals surface area contributed by atoms with Crippen LogP contribution in [0, 0.1) is 13.8 Å². The van der Waals surface area contributed by atoms with Crippen molar-refractivity contribution >= 4 is 11.0 Å². The zero-order chi connectivity index (χ0) is 13.6. The molecule has 0 saturated carbocycles. The number of hydrogen-bond donors (Lipinski definition) is 2. The summed E-state index contributed by atoms with van der Waals surface area (Å²) in [6.45, 7) is 4.03. The van der Waals surface area contributed by atoms with Crippen LogP contribution in [0.5, 0.6) is 0 Å². The largest absolute Gasteiger partial charge is 0.394 e. The molecule has 3 rings (SSSR count). The maximum Gasteiger partial charge on any atom is 0.161 e. The van der Waals surface area contributed by atoms with Crippen LogP contribution in [0.2, 0.25) is 0 Å². The van der Waals surface area contributed by atoms with Crippen molar-refractivity contribution in [3.63, 3.8) is 0 Å². The van der Waals surface area contributed by atoms with E-state index < -0.39 is 12.3 Å². The number of rotatable bonds is 2. The number of nitrogens with zero attached hydrogens (tertiary/aromatic N) is 2. The van der Waals surface area contributed by atoms with Gasteiger partial charge in [-0.1, -0.05) is 0 Å². The molecule has 5 heteroatoms. The summed E-state index contributed by atoms with van der Waals surface area (Å²) in [5.74, 6) is 0. The molecule has 1 aliphatic heterocycles. The van der Waals surface area contributed by atoms with Gasteiger partial charge in [0.05, 0.1) is 30.1 Å². The fraction of sp³-hybridized carbons (Fsp3) is 0.500. The molecule has 0 radical (unpaired) electrons. The molecule has 0 aliphatic carbocycles. The van der Waals surface area contributed by atoms with Gasteiger partial charge in [0.25, 0.3) is 0 Å². The second kappa shape index (κ2) is 4.59. The molecule has 0 amide bonds. The van der Waals surface area contributed by atoms with E-state index in [2.05, 4.69) is 24.9 Å². The molecular weight excluding hydrogens is 244 g/mol. The van der Waals surface area contributed by atoms with Gasteiger partial charge in [0.15, 0.2) is 6.23 Å². The molecule has 0 unspecified atom stereocenters. The molecule has 1 saturated heterocycles. The van der Waals surface area contributed by atoms with E-state index in [1.807, 2.05) is 10.6 Å². The molecule has 1 aliphatic rings. The van der Waals surface area contributed by atoms with E-state index in [0.717, 1.165) is 11.0 Å². The number of aliphatic hydroxyl groups is 2. The maximum atomic E-state index is 10.1. The lowest BCUT2D eigenvalue weighted by Gasteiger charge is -2.17. The third-order valence-electron chi connectivity index (χ3n) is 3.83. The van der Waals surface area contributed by atoms with Crippen LogP contribution in [0.25, 0.3) is 11.0 Å². The van der Waals surface area contributed by atoms with Gasteiger partial charge in [-0.05, 0) is 37.1 Å². The quantitative estimate of drug-likeness (QED) is 0.856. The summed E-state index contributed by atoms with van der Waals surface area (Å²) < 4.78 is 7.52. The van der Waals surface area contributed by atoms with Crippen LogP contribution in [0.15, 0.2) is 18.5 Å². The van der Waals surface area contributed by atoms with Crippen molar-refractivity contribution in [2.24, 2.45) is 0 Å². The van der Waals surface area contributed by atoms with E-state index in [1.54, 1.807) is 6.33 Å². The van der Waals surface area contributed by atoms with Crippen molar-refractivity contribution in [1.29, 1.82) is 0 Å². The van der Waals surface area contributed by atoms with E-state index in [-0.39, 0.29) is 12.7 Å². The number of ether oxygens (including phenoxy) is 1. The fourth-order valence-corrected chi connectivity index (χ4v) is 2.58. The van der Waals surface area contributed by atoms with Gasteiger partial charge in [-0.15, -0.1) is 0 Å². The first-order valence-electron chi connectivity index (χ1n) is 6.48. The van der Waals surface area contributed by atoms with E-state index in [4.69, 9.17) is 9.84 Å². The Balaban J connectivity index is 2.04. The highest BCUT2D eigenvalue weighted by atomic mass is 16.5. The number of aromatic nitrogens is 2. The number of benzene rings is 1. The van der Waals surface area contributed by atoms with Gasteiger partial charge in [-0.2, -0.15) is 0 Å². The predicted octanol–water partition coefficient (Wildman–Crippen LogP) is 1.29. The Hall–Kier alpha value is -1.43. The molecule has 1 fully saturated rings. The summed E-state index contributed by atoms with van der Waals surface area (Å²) in [5, 5.41) is 19.2. The van der Waals surface area contributed by atoms with Crippen LogP contribution in [0.3, 0.4) is 0 Å². The van der Waals surface area contributed by atoms with Gasteiger partial charge in [-0.25, -0.2) is 4.98 Å². The van der Waals surface area contributed by atoms with Crippen LogP contribution in [0.1, 0.15) is 23.8 Å². The summed E-state index contributed by atoms with van der Waals surface area (Å²) >= 11 is 0. The lowest BCUT2D eigenvalue weighted by atomic mass is 10.1. The Morgan fingerprint density at radius 2 is 2.11 bits per heavy atom.